The molecule has 0 bridgehead atoms. The van der Waals surface area contributed by atoms with Gasteiger partial charge in [-0.05, 0) is 42.7 Å². The van der Waals surface area contributed by atoms with E-state index in [1.807, 2.05) is 19.0 Å². The number of ether oxygens (including phenoxy) is 4. The van der Waals surface area contributed by atoms with Crippen LogP contribution in [0.5, 0.6) is 17.2 Å². The largest absolute Gasteiger partial charge is 0.493 e. The highest BCUT2D eigenvalue weighted by atomic mass is 16.6. The van der Waals surface area contributed by atoms with Gasteiger partial charge in [-0.15, -0.1) is 0 Å². The van der Waals surface area contributed by atoms with Crippen molar-refractivity contribution in [2.45, 2.75) is 25.5 Å². The lowest BCUT2D eigenvalue weighted by Crippen LogP contribution is -2.37. The van der Waals surface area contributed by atoms with E-state index in [2.05, 4.69) is 29.2 Å². The van der Waals surface area contributed by atoms with E-state index in [0.717, 1.165) is 30.7 Å². The Balaban J connectivity index is 1.60. The highest BCUT2D eigenvalue weighted by molar-refractivity contribution is 5.95. The Morgan fingerprint density at radius 3 is 2.55 bits per heavy atom. The van der Waals surface area contributed by atoms with Crippen molar-refractivity contribution in [3.63, 3.8) is 0 Å². The van der Waals surface area contributed by atoms with Gasteiger partial charge in [0.05, 0.1) is 13.2 Å². The third kappa shape index (κ3) is 4.88. The molecular formula is C24H30N2O5. The van der Waals surface area contributed by atoms with Crippen LogP contribution in [0, 0.1) is 0 Å². The summed E-state index contributed by atoms with van der Waals surface area (Å²) >= 11 is 0. The van der Waals surface area contributed by atoms with Crippen molar-refractivity contribution in [1.82, 2.24) is 4.90 Å². The van der Waals surface area contributed by atoms with E-state index in [4.69, 9.17) is 18.9 Å². The van der Waals surface area contributed by atoms with Crippen molar-refractivity contribution < 1.29 is 23.7 Å². The van der Waals surface area contributed by atoms with Crippen molar-refractivity contribution in [2.75, 3.05) is 52.5 Å². The van der Waals surface area contributed by atoms with Crippen LogP contribution in [0.15, 0.2) is 36.4 Å². The summed E-state index contributed by atoms with van der Waals surface area (Å²) in [6, 6.07) is 11.7. The first-order chi connectivity index (χ1) is 15.0. The summed E-state index contributed by atoms with van der Waals surface area (Å²) in [6.07, 6.45) is 2.06. The van der Waals surface area contributed by atoms with E-state index < -0.39 is 0 Å². The van der Waals surface area contributed by atoms with Crippen molar-refractivity contribution >= 4 is 11.6 Å². The van der Waals surface area contributed by atoms with Gasteiger partial charge in [0.1, 0.15) is 13.2 Å². The molecule has 1 atom stereocenters. The highest BCUT2D eigenvalue weighted by Crippen LogP contribution is 2.40. The van der Waals surface area contributed by atoms with Gasteiger partial charge in [-0.2, -0.15) is 0 Å². The molecule has 1 amide bonds. The zero-order valence-electron chi connectivity index (χ0n) is 18.4. The van der Waals surface area contributed by atoms with Crippen LogP contribution in [0.1, 0.15) is 28.8 Å². The number of hydrogen-bond acceptors (Lipinski definition) is 6. The van der Waals surface area contributed by atoms with Crippen LogP contribution in [0.4, 0.5) is 5.69 Å². The zero-order chi connectivity index (χ0) is 21.8. The van der Waals surface area contributed by atoms with E-state index in [1.54, 1.807) is 19.2 Å². The first kappa shape index (κ1) is 21.3. The highest BCUT2D eigenvalue weighted by Gasteiger charge is 2.27. The number of carbonyl (C=O) groups excluding carboxylic acids is 1. The quantitative estimate of drug-likeness (QED) is 0.677. The molecule has 0 aromatic heterocycles. The first-order valence-corrected chi connectivity index (χ1v) is 10.7. The minimum absolute atomic E-state index is 0.0594. The summed E-state index contributed by atoms with van der Waals surface area (Å²) in [6.45, 7) is 2.71. The van der Waals surface area contributed by atoms with Crippen molar-refractivity contribution in [1.29, 1.82) is 0 Å². The Morgan fingerprint density at radius 1 is 1.10 bits per heavy atom. The molecule has 1 fully saturated rings. The zero-order valence-corrected chi connectivity index (χ0v) is 18.4. The van der Waals surface area contributed by atoms with Crippen LogP contribution < -0.4 is 19.1 Å². The normalized spacial score (nSPS) is 17.3. The predicted molar refractivity (Wildman–Crippen MR) is 118 cm³/mol. The Kier molecular flexibility index (Phi) is 6.51. The molecule has 2 aliphatic rings. The second kappa shape index (κ2) is 9.47. The maximum Gasteiger partial charge on any atom is 0.254 e. The van der Waals surface area contributed by atoms with Gasteiger partial charge in [-0.3, -0.25) is 4.79 Å². The van der Waals surface area contributed by atoms with Crippen LogP contribution >= 0.6 is 0 Å². The summed E-state index contributed by atoms with van der Waals surface area (Å²) < 4.78 is 22.7. The minimum atomic E-state index is -0.0811. The molecule has 31 heavy (non-hydrogen) atoms. The molecule has 0 N–H and O–H groups in total. The molecule has 0 spiro atoms. The second-order valence-electron chi connectivity index (χ2n) is 8.08. The fraction of sp³-hybridized carbons (Fsp3) is 0.458. The SMILES string of the molecule is COc1cc(C(=O)N(Cc2ccc(N(C)C)cc2)CC2CCCO2)cc2c1OCCO2. The van der Waals surface area contributed by atoms with Crippen LogP contribution in [-0.4, -0.2) is 64.5 Å². The Morgan fingerprint density at radius 2 is 1.87 bits per heavy atom. The molecule has 2 aromatic carbocycles. The van der Waals surface area contributed by atoms with E-state index in [1.165, 1.54) is 0 Å². The van der Waals surface area contributed by atoms with Gasteiger partial charge in [-0.1, -0.05) is 12.1 Å². The molecule has 2 aromatic rings. The third-order valence-electron chi connectivity index (χ3n) is 5.64. The van der Waals surface area contributed by atoms with Gasteiger partial charge in [0, 0.05) is 45.0 Å². The topological polar surface area (TPSA) is 60.5 Å². The predicted octanol–water partition coefficient (Wildman–Crippen LogP) is 3.35. The molecule has 2 aliphatic heterocycles. The molecule has 7 heteroatoms. The van der Waals surface area contributed by atoms with Crippen molar-refractivity contribution in [3.05, 3.63) is 47.5 Å². The number of rotatable bonds is 7. The molecule has 0 aliphatic carbocycles. The number of nitrogens with zero attached hydrogens (tertiary/aromatic N) is 2. The summed E-state index contributed by atoms with van der Waals surface area (Å²) in [4.78, 5) is 17.5. The van der Waals surface area contributed by atoms with Gasteiger partial charge < -0.3 is 28.7 Å². The Labute approximate surface area is 183 Å². The lowest BCUT2D eigenvalue weighted by molar-refractivity contribution is 0.0506. The van der Waals surface area contributed by atoms with Crippen LogP contribution in [-0.2, 0) is 11.3 Å². The maximum atomic E-state index is 13.6. The van der Waals surface area contributed by atoms with Crippen molar-refractivity contribution in [3.8, 4) is 17.2 Å². The van der Waals surface area contributed by atoms with E-state index in [9.17, 15) is 4.79 Å². The maximum absolute atomic E-state index is 13.6. The first-order valence-electron chi connectivity index (χ1n) is 10.7. The van der Waals surface area contributed by atoms with Crippen molar-refractivity contribution in [2.24, 2.45) is 0 Å². The average molecular weight is 427 g/mol. The number of benzene rings is 2. The van der Waals surface area contributed by atoms with E-state index in [0.29, 0.717) is 49.1 Å². The summed E-state index contributed by atoms with van der Waals surface area (Å²) in [5.41, 5.74) is 2.71. The molecule has 1 unspecified atom stereocenters. The average Bonchev–Trinajstić information content (AvgIpc) is 3.31. The molecule has 2 heterocycles. The fourth-order valence-electron chi connectivity index (χ4n) is 3.95. The summed E-state index contributed by atoms with van der Waals surface area (Å²) in [5, 5.41) is 0. The number of anilines is 1. The lowest BCUT2D eigenvalue weighted by atomic mass is 10.1. The molecule has 0 radical (unpaired) electrons. The van der Waals surface area contributed by atoms with Gasteiger partial charge in [-0.25, -0.2) is 0 Å². The van der Waals surface area contributed by atoms with Gasteiger partial charge in [0.25, 0.3) is 5.91 Å². The molecular weight excluding hydrogens is 396 g/mol. The Bertz CT molecular complexity index is 890. The number of amides is 1. The van der Waals surface area contributed by atoms with Gasteiger partial charge >= 0.3 is 0 Å². The molecule has 1 saturated heterocycles. The monoisotopic (exact) mass is 426 g/mol. The Hall–Kier alpha value is -2.93. The van der Waals surface area contributed by atoms with Gasteiger partial charge in [0.2, 0.25) is 5.75 Å². The molecule has 0 saturated carbocycles. The van der Waals surface area contributed by atoms with Crippen LogP contribution in [0.2, 0.25) is 0 Å². The van der Waals surface area contributed by atoms with Crippen LogP contribution in [0.3, 0.4) is 0 Å². The summed E-state index contributed by atoms with van der Waals surface area (Å²) in [5.74, 6) is 1.52. The number of methoxy groups -OCH3 is 1. The number of carbonyl (C=O) groups is 1. The summed E-state index contributed by atoms with van der Waals surface area (Å²) in [7, 11) is 5.59. The molecule has 4 rings (SSSR count). The van der Waals surface area contributed by atoms with E-state index in [-0.39, 0.29) is 12.0 Å². The molecule has 166 valence electrons. The second-order valence-corrected chi connectivity index (χ2v) is 8.08. The minimum Gasteiger partial charge on any atom is -0.493 e. The standard InChI is InChI=1S/C24H30N2O5/c1-25(2)19-8-6-17(7-9-19)15-26(16-20-5-4-10-29-20)24(27)18-13-21(28-3)23-22(14-18)30-11-12-31-23/h6-9,13-14,20H,4-5,10-12,15-16H2,1-3H3. The van der Waals surface area contributed by atoms with Gasteiger partial charge in [0.15, 0.2) is 11.5 Å². The number of hydrogen-bond donors (Lipinski definition) is 0. The number of fused-ring (bicyclic) bond motifs is 1. The third-order valence-corrected chi connectivity index (χ3v) is 5.64. The fourth-order valence-corrected chi connectivity index (χ4v) is 3.95. The smallest absolute Gasteiger partial charge is 0.254 e. The molecule has 7 nitrogen and oxygen atoms in total. The van der Waals surface area contributed by atoms with Crippen LogP contribution in [0.25, 0.3) is 0 Å². The van der Waals surface area contributed by atoms with E-state index >= 15 is 0 Å². The lowest BCUT2D eigenvalue weighted by Gasteiger charge is -2.27.